The van der Waals surface area contributed by atoms with Crippen molar-refractivity contribution >= 4 is 22.6 Å². The molecule has 1 N–H and O–H groups in total. The quantitative estimate of drug-likeness (QED) is 0.425. The van der Waals surface area contributed by atoms with E-state index in [0.717, 1.165) is 30.4 Å². The van der Waals surface area contributed by atoms with Gasteiger partial charge in [0.2, 0.25) is 0 Å². The average molecular weight is 478 g/mol. The maximum absolute atomic E-state index is 11.1. The normalized spacial score (nSPS) is 12.5. The van der Waals surface area contributed by atoms with Crippen LogP contribution in [-0.4, -0.2) is 5.11 Å². The number of rotatable bonds is 6. The van der Waals surface area contributed by atoms with Crippen LogP contribution in [0.15, 0.2) is 24.3 Å². The van der Waals surface area contributed by atoms with E-state index < -0.39 is 0 Å². The van der Waals surface area contributed by atoms with Crippen molar-refractivity contribution in [3.63, 3.8) is 0 Å². The van der Waals surface area contributed by atoms with E-state index in [0.29, 0.717) is 5.75 Å². The second kappa shape index (κ2) is 8.14. The summed E-state index contributed by atoms with van der Waals surface area (Å²) >= 11 is 2.50. The molecular weight excluding hydrogens is 443 g/mol. The summed E-state index contributed by atoms with van der Waals surface area (Å²) in [4.78, 5) is 0. The van der Waals surface area contributed by atoms with E-state index >= 15 is 0 Å². The van der Waals surface area contributed by atoms with Gasteiger partial charge in [0.15, 0.2) is 0 Å². The number of halogens is 1. The Balaban J connectivity index is 2.59. The van der Waals surface area contributed by atoms with Crippen LogP contribution in [0.25, 0.3) is 0 Å². The Hall–Kier alpha value is -1.03. The highest BCUT2D eigenvalue weighted by Crippen LogP contribution is 2.39. The molecule has 0 atom stereocenters. The van der Waals surface area contributed by atoms with E-state index in [1.54, 1.807) is 0 Å². The van der Waals surface area contributed by atoms with Crippen molar-refractivity contribution in [3.8, 4) is 5.75 Å². The number of hydrogen-bond acceptors (Lipinski definition) is 1. The number of aryl methyl sites for hydroxylation is 2. The lowest BCUT2D eigenvalue weighted by molar-refractivity contribution is 0.424. The van der Waals surface area contributed by atoms with Crippen molar-refractivity contribution in [2.45, 2.75) is 85.5 Å². The fraction of sp³-hybridized carbons (Fsp3) is 0.520. The van der Waals surface area contributed by atoms with Crippen LogP contribution in [0.5, 0.6) is 5.75 Å². The third-order valence-electron chi connectivity index (χ3n) is 6.23. The molecule has 2 aromatic rings. The van der Waals surface area contributed by atoms with Gasteiger partial charge < -0.3 is 5.11 Å². The Morgan fingerprint density at radius 2 is 1.22 bits per heavy atom. The molecule has 0 amide bonds. The second-order valence-corrected chi connectivity index (χ2v) is 10.3. The lowest BCUT2D eigenvalue weighted by Crippen LogP contribution is -2.19. The monoisotopic (exact) mass is 478 g/mol. The van der Waals surface area contributed by atoms with E-state index in [-0.39, 0.29) is 10.8 Å². The zero-order valence-corrected chi connectivity index (χ0v) is 20.4. The summed E-state index contributed by atoms with van der Waals surface area (Å²) in [5.41, 5.74) is 7.47. The number of phenols is 1. The Labute approximate surface area is 179 Å². The van der Waals surface area contributed by atoms with Crippen LogP contribution in [0.1, 0.15) is 87.8 Å². The Morgan fingerprint density at radius 1 is 0.778 bits per heavy atom. The van der Waals surface area contributed by atoms with Gasteiger partial charge in [-0.2, -0.15) is 0 Å². The van der Waals surface area contributed by atoms with Crippen LogP contribution in [0, 0.1) is 17.4 Å². The van der Waals surface area contributed by atoms with E-state index in [4.69, 9.17) is 0 Å². The molecule has 148 valence electrons. The summed E-state index contributed by atoms with van der Waals surface area (Å²) in [6, 6.07) is 8.91. The van der Waals surface area contributed by atoms with Gasteiger partial charge in [-0.05, 0) is 76.8 Å². The molecule has 0 aliphatic heterocycles. The molecule has 0 unspecified atom stereocenters. The summed E-state index contributed by atoms with van der Waals surface area (Å²) in [6.45, 7) is 17.8. The van der Waals surface area contributed by atoms with Crippen LogP contribution in [0.4, 0.5) is 0 Å². The van der Waals surface area contributed by atoms with E-state index in [1.165, 1.54) is 25.8 Å². The van der Waals surface area contributed by atoms with Crippen LogP contribution in [-0.2, 0) is 17.3 Å². The van der Waals surface area contributed by atoms with Gasteiger partial charge in [0.1, 0.15) is 5.75 Å². The van der Waals surface area contributed by atoms with Gasteiger partial charge in [-0.25, -0.2) is 0 Å². The first kappa shape index (κ1) is 22.3. The Bertz CT molecular complexity index is 761. The predicted molar refractivity (Wildman–Crippen MR) is 126 cm³/mol. The van der Waals surface area contributed by atoms with Crippen molar-refractivity contribution in [1.82, 2.24) is 0 Å². The highest BCUT2D eigenvalue weighted by Gasteiger charge is 2.26. The van der Waals surface area contributed by atoms with Gasteiger partial charge in [-0.15, -0.1) is 0 Å². The van der Waals surface area contributed by atoms with E-state index in [1.807, 2.05) is 0 Å². The fourth-order valence-electron chi connectivity index (χ4n) is 3.56. The van der Waals surface area contributed by atoms with Crippen LogP contribution >= 0.6 is 22.6 Å². The molecule has 2 heteroatoms. The summed E-state index contributed by atoms with van der Waals surface area (Å²) in [6.07, 6.45) is 2.88. The molecule has 27 heavy (non-hydrogen) atoms. The zero-order valence-electron chi connectivity index (χ0n) is 18.3. The van der Waals surface area contributed by atoms with Crippen molar-refractivity contribution in [2.75, 3.05) is 0 Å². The Morgan fingerprint density at radius 3 is 1.74 bits per heavy atom. The molecule has 0 bridgehead atoms. The molecule has 0 aromatic heterocycles. The first-order chi connectivity index (χ1) is 12.4. The predicted octanol–water partition coefficient (Wildman–Crippen LogP) is 7.58. The minimum atomic E-state index is -0.0278. The summed E-state index contributed by atoms with van der Waals surface area (Å²) in [7, 11) is 0. The number of phenolic OH excluding ortho intramolecular Hbond substituents is 1. The Kier molecular flexibility index (Phi) is 6.72. The molecule has 0 radical (unpaired) electrons. The third-order valence-corrected chi connectivity index (χ3v) is 7.51. The maximum atomic E-state index is 11.1. The molecular formula is C25H35IO. The largest absolute Gasteiger partial charge is 0.507 e. The maximum Gasteiger partial charge on any atom is 0.122 e. The number of aromatic hydroxyl groups is 1. The highest BCUT2D eigenvalue weighted by molar-refractivity contribution is 14.1. The average Bonchev–Trinajstić information content (AvgIpc) is 2.60. The molecule has 0 heterocycles. The van der Waals surface area contributed by atoms with Crippen molar-refractivity contribution in [1.29, 1.82) is 0 Å². The minimum Gasteiger partial charge on any atom is -0.507 e. The lowest BCUT2D eigenvalue weighted by Gasteiger charge is -2.28. The van der Waals surface area contributed by atoms with Gasteiger partial charge in [0, 0.05) is 15.6 Å². The molecule has 0 saturated carbocycles. The fourth-order valence-corrected chi connectivity index (χ4v) is 4.79. The number of hydrogen-bond donors (Lipinski definition) is 1. The topological polar surface area (TPSA) is 20.2 Å². The van der Waals surface area contributed by atoms with Gasteiger partial charge in [-0.1, -0.05) is 76.9 Å². The highest BCUT2D eigenvalue weighted by atomic mass is 127. The van der Waals surface area contributed by atoms with Crippen molar-refractivity contribution in [2.24, 2.45) is 0 Å². The van der Waals surface area contributed by atoms with Crippen molar-refractivity contribution < 1.29 is 5.11 Å². The second-order valence-electron chi connectivity index (χ2n) is 9.26. The van der Waals surface area contributed by atoms with E-state index in [9.17, 15) is 5.11 Å². The van der Waals surface area contributed by atoms with Crippen LogP contribution < -0.4 is 0 Å². The zero-order chi connectivity index (χ0) is 20.6. The summed E-state index contributed by atoms with van der Waals surface area (Å²) < 4.78 is 1.34. The molecule has 0 aliphatic carbocycles. The summed E-state index contributed by atoms with van der Waals surface area (Å²) in [5.74, 6) is 0.473. The van der Waals surface area contributed by atoms with Gasteiger partial charge >= 0.3 is 0 Å². The standard InChI is InChI=1S/C25H35IO/c1-9-24(5,6)20-13-16(3)11-18(22(20)26)15-19-12-17(4)14-21(23(19)27)25(7,8)10-2/h11-14,27H,9-10,15H2,1-8H3. The van der Waals surface area contributed by atoms with Crippen molar-refractivity contribution in [3.05, 3.63) is 61.2 Å². The molecule has 0 spiro atoms. The molecule has 2 aromatic carbocycles. The molecule has 1 nitrogen and oxygen atoms in total. The molecule has 0 fully saturated rings. The molecule has 2 rings (SSSR count). The first-order valence-electron chi connectivity index (χ1n) is 10.1. The molecule has 0 aliphatic rings. The van der Waals surface area contributed by atoms with Gasteiger partial charge in [0.05, 0.1) is 0 Å². The van der Waals surface area contributed by atoms with Gasteiger partial charge in [-0.3, -0.25) is 0 Å². The SMILES string of the molecule is CCC(C)(C)c1cc(C)cc(Cc2cc(C)cc(C(C)(C)CC)c2I)c1O. The van der Waals surface area contributed by atoms with Crippen LogP contribution in [0.2, 0.25) is 0 Å². The lowest BCUT2D eigenvalue weighted by atomic mass is 9.79. The number of benzene rings is 2. The smallest absolute Gasteiger partial charge is 0.122 e. The first-order valence-corrected chi connectivity index (χ1v) is 11.1. The summed E-state index contributed by atoms with van der Waals surface area (Å²) in [5, 5.41) is 11.1. The van der Waals surface area contributed by atoms with Gasteiger partial charge in [0.25, 0.3) is 0 Å². The van der Waals surface area contributed by atoms with E-state index in [2.05, 4.69) is 102 Å². The molecule has 0 saturated heterocycles. The van der Waals surface area contributed by atoms with Crippen LogP contribution in [0.3, 0.4) is 0 Å². The third kappa shape index (κ3) is 4.70. The minimum absolute atomic E-state index is 0.0278.